The van der Waals surface area contributed by atoms with E-state index >= 15 is 4.39 Å². The number of amides is 1. The molecule has 6 aliphatic rings. The molecule has 2 N–H and O–H groups in total. The lowest BCUT2D eigenvalue weighted by Crippen LogP contribution is -2.73. The molecule has 34 heavy (non-hydrogen) atoms. The van der Waals surface area contributed by atoms with Crippen LogP contribution in [0.15, 0.2) is 11.8 Å². The largest absolute Gasteiger partial charge is 0.369 e. The topological polar surface area (TPSA) is 82.3 Å². The summed E-state index contributed by atoms with van der Waals surface area (Å²) in [5, 5.41) is 0. The third-order valence-electron chi connectivity index (χ3n) is 9.24. The van der Waals surface area contributed by atoms with Gasteiger partial charge in [0.05, 0.1) is 35.9 Å². The van der Waals surface area contributed by atoms with Crippen LogP contribution in [0, 0.1) is 5.92 Å². The van der Waals surface area contributed by atoms with Crippen molar-refractivity contribution in [2.24, 2.45) is 11.7 Å². The maximum absolute atomic E-state index is 15.9. The molecule has 3 saturated heterocycles. The van der Waals surface area contributed by atoms with E-state index in [9.17, 15) is 9.59 Å². The summed E-state index contributed by atoms with van der Waals surface area (Å²) in [4.78, 5) is 35.6. The predicted octanol–water partition coefficient (Wildman–Crippen LogP) is 0.367. The number of halogens is 1. The minimum absolute atomic E-state index is 0.0177. The summed E-state index contributed by atoms with van der Waals surface area (Å²) in [6, 6.07) is -0.368. The van der Waals surface area contributed by atoms with E-state index in [0.29, 0.717) is 19.6 Å². The number of likely N-dealkylation sites (tertiary alicyclic amines) is 1. The molecule has 0 aromatic rings. The second-order valence-electron chi connectivity index (χ2n) is 11.3. The number of carbonyl (C=O) groups is 2. The van der Waals surface area contributed by atoms with Crippen molar-refractivity contribution in [2.75, 3.05) is 46.3 Å². The molecule has 188 valence electrons. The van der Waals surface area contributed by atoms with Gasteiger partial charge in [-0.15, -0.1) is 0 Å². The van der Waals surface area contributed by atoms with Crippen molar-refractivity contribution in [3.8, 4) is 0 Å². The van der Waals surface area contributed by atoms with Crippen molar-refractivity contribution in [3.63, 3.8) is 0 Å². The number of nitrogens with two attached hydrogens (primary N) is 1. The van der Waals surface area contributed by atoms with Gasteiger partial charge in [0, 0.05) is 57.4 Å². The zero-order valence-electron chi connectivity index (χ0n) is 20.2. The Morgan fingerprint density at radius 2 is 1.85 bits per heavy atom. The van der Waals surface area contributed by atoms with E-state index in [-0.39, 0.29) is 60.1 Å². The van der Waals surface area contributed by atoms with E-state index in [1.165, 1.54) is 0 Å². The summed E-state index contributed by atoms with van der Waals surface area (Å²) in [5.74, 6) is -0.908. The molecule has 9 heteroatoms. The number of ketones is 1. The highest BCUT2D eigenvalue weighted by Crippen LogP contribution is 2.47. The van der Waals surface area contributed by atoms with Gasteiger partial charge in [-0.3, -0.25) is 14.5 Å². The number of morpholine rings is 1. The molecule has 0 radical (unpaired) electrons. The van der Waals surface area contributed by atoms with Crippen LogP contribution < -0.4 is 5.73 Å². The normalized spacial score (nSPS) is 43.4. The Morgan fingerprint density at radius 3 is 2.59 bits per heavy atom. The highest BCUT2D eigenvalue weighted by molar-refractivity contribution is 6.20. The Kier molecular flexibility index (Phi) is 5.95. The van der Waals surface area contributed by atoms with Gasteiger partial charge in [-0.05, 0) is 32.7 Å². The van der Waals surface area contributed by atoms with Crippen molar-refractivity contribution >= 4 is 11.7 Å². The highest BCUT2D eigenvalue weighted by Gasteiger charge is 2.60. The van der Waals surface area contributed by atoms with E-state index < -0.39 is 12.1 Å². The molecular weight excluding hydrogens is 437 g/mol. The summed E-state index contributed by atoms with van der Waals surface area (Å²) >= 11 is 0. The predicted molar refractivity (Wildman–Crippen MR) is 125 cm³/mol. The standard InChI is InChI=1S/C25H38FN5O3/c1-28-8-10-29(11-9-28)25(33)17-14-31-19-4-2-3-5-20(19)34-24-21(31)16(23(17)32)12-18(26)22(24)30-7-6-15(27)13-30/h14-16,18-22,24H,2-13,27H2,1H3. The van der Waals surface area contributed by atoms with Crippen LogP contribution in [0.25, 0.3) is 0 Å². The molecule has 8 nitrogen and oxygen atoms in total. The number of rotatable bonds is 2. The molecule has 8 unspecified atom stereocenters. The number of nitrogens with zero attached hydrogens (tertiary/aromatic N) is 4. The van der Waals surface area contributed by atoms with Gasteiger partial charge in [0.2, 0.25) is 0 Å². The van der Waals surface area contributed by atoms with Crippen LogP contribution in [-0.2, 0) is 14.3 Å². The highest BCUT2D eigenvalue weighted by atomic mass is 19.1. The minimum atomic E-state index is -1.17. The van der Waals surface area contributed by atoms with Gasteiger partial charge >= 0.3 is 0 Å². The molecule has 2 saturated carbocycles. The quantitative estimate of drug-likeness (QED) is 0.578. The number of alkyl halides is 1. The van der Waals surface area contributed by atoms with E-state index in [1.807, 2.05) is 13.2 Å². The molecule has 6 rings (SSSR count). The van der Waals surface area contributed by atoms with Crippen LogP contribution in [0.3, 0.4) is 0 Å². The van der Waals surface area contributed by atoms with Crippen LogP contribution >= 0.6 is 0 Å². The summed E-state index contributed by atoms with van der Waals surface area (Å²) in [5.41, 5.74) is 6.43. The SMILES string of the molecule is CN1CCN(C(=O)C2=CN3C4CCCCC4OC4C(N5CCC(N)C5)C(F)CC(C2=O)C43)CC1. The molecule has 1 amide bonds. The van der Waals surface area contributed by atoms with Crippen molar-refractivity contribution < 1.29 is 18.7 Å². The van der Waals surface area contributed by atoms with E-state index in [0.717, 1.165) is 51.7 Å². The number of ether oxygens (including phenoxy) is 1. The van der Waals surface area contributed by atoms with Crippen molar-refractivity contribution in [2.45, 2.75) is 81.1 Å². The average Bonchev–Trinajstić information content (AvgIpc) is 3.26. The first-order chi connectivity index (χ1) is 16.4. The molecule has 4 aliphatic heterocycles. The first-order valence-corrected chi connectivity index (χ1v) is 13.2. The van der Waals surface area contributed by atoms with Gasteiger partial charge in [0.25, 0.3) is 5.91 Å². The van der Waals surface area contributed by atoms with Gasteiger partial charge in [-0.25, -0.2) is 4.39 Å². The first kappa shape index (κ1) is 22.9. The number of carbonyl (C=O) groups excluding carboxylic acids is 2. The molecule has 2 aliphatic carbocycles. The van der Waals surface area contributed by atoms with Crippen LogP contribution in [-0.4, -0.2) is 120 Å². The molecule has 5 fully saturated rings. The van der Waals surface area contributed by atoms with Gasteiger partial charge in [0.1, 0.15) is 6.17 Å². The monoisotopic (exact) mass is 475 g/mol. The van der Waals surface area contributed by atoms with E-state index in [2.05, 4.69) is 14.7 Å². The lowest BCUT2D eigenvalue weighted by atomic mass is 9.69. The molecule has 0 spiro atoms. The van der Waals surface area contributed by atoms with Crippen LogP contribution in [0.5, 0.6) is 0 Å². The van der Waals surface area contributed by atoms with Gasteiger partial charge in [-0.1, -0.05) is 12.8 Å². The first-order valence-electron chi connectivity index (χ1n) is 13.2. The average molecular weight is 476 g/mol. The third-order valence-corrected chi connectivity index (χ3v) is 9.24. The van der Waals surface area contributed by atoms with Gasteiger partial charge in [0.15, 0.2) is 5.78 Å². The lowest BCUT2D eigenvalue weighted by Gasteiger charge is -2.60. The van der Waals surface area contributed by atoms with Crippen molar-refractivity contribution in [3.05, 3.63) is 11.8 Å². The minimum Gasteiger partial charge on any atom is -0.369 e. The second kappa shape index (κ2) is 8.84. The molecule has 0 bridgehead atoms. The fraction of sp³-hybridized carbons (Fsp3) is 0.840. The Bertz CT molecular complexity index is 861. The number of piperazine rings is 1. The van der Waals surface area contributed by atoms with Crippen LogP contribution in [0.1, 0.15) is 38.5 Å². The summed E-state index contributed by atoms with van der Waals surface area (Å²) < 4.78 is 22.5. The Hall–Kier alpha value is -1.55. The van der Waals surface area contributed by atoms with Crippen LogP contribution in [0.2, 0.25) is 0 Å². The fourth-order valence-electron chi connectivity index (χ4n) is 7.42. The van der Waals surface area contributed by atoms with Crippen molar-refractivity contribution in [1.29, 1.82) is 0 Å². The zero-order valence-corrected chi connectivity index (χ0v) is 20.2. The van der Waals surface area contributed by atoms with Crippen LogP contribution in [0.4, 0.5) is 4.39 Å². The third kappa shape index (κ3) is 3.70. The lowest BCUT2D eigenvalue weighted by molar-refractivity contribution is -0.210. The molecule has 0 aromatic carbocycles. The number of hydrogen-bond donors (Lipinski definition) is 1. The number of likely N-dealkylation sites (N-methyl/N-ethyl adjacent to an activating group) is 1. The molecular formula is C25H38FN5O3. The maximum Gasteiger partial charge on any atom is 0.259 e. The van der Waals surface area contributed by atoms with E-state index in [4.69, 9.17) is 10.5 Å². The van der Waals surface area contributed by atoms with Crippen molar-refractivity contribution in [1.82, 2.24) is 19.6 Å². The summed E-state index contributed by atoms with van der Waals surface area (Å²) in [6.45, 7) is 4.29. The smallest absolute Gasteiger partial charge is 0.259 e. The Morgan fingerprint density at radius 1 is 1.09 bits per heavy atom. The maximum atomic E-state index is 15.9. The zero-order chi connectivity index (χ0) is 23.6. The number of fused-ring (bicyclic) bond motifs is 2. The number of hydrogen-bond acceptors (Lipinski definition) is 7. The second-order valence-corrected chi connectivity index (χ2v) is 11.3. The van der Waals surface area contributed by atoms with Gasteiger partial charge in [-0.2, -0.15) is 0 Å². The Labute approximate surface area is 201 Å². The molecule has 8 atom stereocenters. The summed E-state index contributed by atoms with van der Waals surface area (Å²) in [7, 11) is 2.04. The fourth-order valence-corrected chi connectivity index (χ4v) is 7.42. The number of Topliss-reactive ketones (excluding diaryl/α,β-unsaturated/α-hetero) is 1. The van der Waals surface area contributed by atoms with E-state index in [1.54, 1.807) is 4.90 Å². The summed E-state index contributed by atoms with van der Waals surface area (Å²) in [6.07, 6.45) is 5.49. The Balaban J connectivity index is 1.35. The molecule has 4 heterocycles. The van der Waals surface area contributed by atoms with Gasteiger partial charge < -0.3 is 25.2 Å². The molecule has 0 aromatic heterocycles.